The van der Waals surface area contributed by atoms with Crippen LogP contribution in [0.4, 0.5) is 0 Å². The molecule has 7 nitrogen and oxygen atoms in total. The molecule has 0 aromatic heterocycles. The van der Waals surface area contributed by atoms with Crippen LogP contribution >= 0.6 is 0 Å². The lowest BCUT2D eigenvalue weighted by Crippen LogP contribution is -2.32. The maximum atomic E-state index is 14.8. The number of fused-ring (bicyclic) bond motifs is 2. The zero-order chi connectivity index (χ0) is 44.6. The third kappa shape index (κ3) is 11.3. The highest BCUT2D eigenvalue weighted by molar-refractivity contribution is 7.90. The lowest BCUT2D eigenvalue weighted by molar-refractivity contribution is 0.443. The Bertz CT molecular complexity index is 2740. The van der Waals surface area contributed by atoms with E-state index in [2.05, 4.69) is 119 Å². The molecule has 2 atom stereocenters. The van der Waals surface area contributed by atoms with Gasteiger partial charge in [0.05, 0.1) is 9.79 Å². The van der Waals surface area contributed by atoms with E-state index in [1.54, 1.807) is 12.1 Å². The predicted octanol–water partition coefficient (Wildman–Crippen LogP) is 10.7. The number of unbranched alkanes of at least 4 members (excludes halogenated alkanes) is 2. The molecule has 0 saturated heterocycles. The van der Waals surface area contributed by atoms with Gasteiger partial charge in [0.2, 0.25) is 20.0 Å². The van der Waals surface area contributed by atoms with Gasteiger partial charge in [-0.05, 0) is 128 Å². The van der Waals surface area contributed by atoms with Crippen LogP contribution in [0.25, 0.3) is 11.6 Å². The molecule has 9 heteroatoms. The number of benzene rings is 5. The Morgan fingerprint density at radius 1 is 0.613 bits per heavy atom. The van der Waals surface area contributed by atoms with Crippen LogP contribution in [-0.2, 0) is 26.5 Å². The van der Waals surface area contributed by atoms with Gasteiger partial charge in [0, 0.05) is 35.0 Å². The van der Waals surface area contributed by atoms with Crippen LogP contribution in [0.2, 0.25) is 0 Å². The van der Waals surface area contributed by atoms with E-state index in [0.29, 0.717) is 29.1 Å². The van der Waals surface area contributed by atoms with E-state index >= 15 is 0 Å². The van der Waals surface area contributed by atoms with E-state index in [1.165, 1.54) is 28.3 Å². The summed E-state index contributed by atoms with van der Waals surface area (Å²) in [5, 5.41) is 1.66. The van der Waals surface area contributed by atoms with Crippen LogP contribution in [0.15, 0.2) is 101 Å². The minimum absolute atomic E-state index is 0.0807. The summed E-state index contributed by atoms with van der Waals surface area (Å²) in [6.07, 6.45) is 10.4. The van der Waals surface area contributed by atoms with Crippen molar-refractivity contribution in [2.45, 2.75) is 123 Å². The summed E-state index contributed by atoms with van der Waals surface area (Å²) in [5.41, 5.74) is 9.95. The average Bonchev–Trinajstić information content (AvgIpc) is 3.24. The molecule has 1 aliphatic heterocycles. The number of ether oxygens (including phenoxy) is 1. The van der Waals surface area contributed by atoms with Crippen molar-refractivity contribution in [1.29, 1.82) is 0 Å². The number of sulfonamides is 2. The topological polar surface area (TPSA) is 102 Å². The van der Waals surface area contributed by atoms with Gasteiger partial charge in [-0.2, -0.15) is 0 Å². The molecule has 62 heavy (non-hydrogen) atoms. The van der Waals surface area contributed by atoms with Crippen LogP contribution in [-0.4, -0.2) is 29.9 Å². The molecule has 0 fully saturated rings. The second kappa shape index (κ2) is 20.8. The average molecular weight is 875 g/mol. The Balaban J connectivity index is 1.55. The SMILES string of the molecule is CCCCC(CC)CNS(=O)(=O)c1ccc(C2=c3cc/c(=C\c4ccc(C)cc4C)cc3Oc3cc(Cc4ccc(C)cc4C)ccc32)c(S(=O)(=O)NCC(CC)CCCC)c1. The van der Waals surface area contributed by atoms with Gasteiger partial charge < -0.3 is 4.74 Å². The number of nitrogens with one attached hydrogen (secondary N) is 2. The van der Waals surface area contributed by atoms with Crippen molar-refractivity contribution >= 4 is 31.7 Å². The molecule has 0 bridgehead atoms. The minimum atomic E-state index is -4.23. The molecule has 5 aromatic carbocycles. The van der Waals surface area contributed by atoms with E-state index in [-0.39, 0.29) is 34.7 Å². The largest absolute Gasteiger partial charge is 0.456 e. The Labute approximate surface area is 371 Å². The first-order chi connectivity index (χ1) is 29.7. The third-order valence-corrected chi connectivity index (χ3v) is 15.4. The van der Waals surface area contributed by atoms with Gasteiger partial charge in [-0.3, -0.25) is 0 Å². The van der Waals surface area contributed by atoms with Gasteiger partial charge in [0.1, 0.15) is 11.5 Å². The smallest absolute Gasteiger partial charge is 0.241 e. The molecule has 0 saturated carbocycles. The first-order valence-corrected chi connectivity index (χ1v) is 25.6. The highest BCUT2D eigenvalue weighted by Gasteiger charge is 2.30. The molecule has 6 rings (SSSR count). The second-order valence-electron chi connectivity index (χ2n) is 17.4. The van der Waals surface area contributed by atoms with Crippen molar-refractivity contribution in [2.75, 3.05) is 13.1 Å². The maximum absolute atomic E-state index is 14.8. The molecule has 2 unspecified atom stereocenters. The molecular weight excluding hydrogens is 809 g/mol. The van der Waals surface area contributed by atoms with Gasteiger partial charge in [0.25, 0.3) is 0 Å². The van der Waals surface area contributed by atoms with Crippen molar-refractivity contribution in [3.05, 3.63) is 152 Å². The van der Waals surface area contributed by atoms with Gasteiger partial charge >= 0.3 is 0 Å². The molecule has 1 heterocycles. The first-order valence-electron chi connectivity index (χ1n) is 22.6. The zero-order valence-corrected chi connectivity index (χ0v) is 39.7. The summed E-state index contributed by atoms with van der Waals surface area (Å²) in [6.45, 7) is 17.4. The van der Waals surface area contributed by atoms with Crippen LogP contribution in [0, 0.1) is 39.5 Å². The highest BCUT2D eigenvalue weighted by atomic mass is 32.2. The molecule has 5 aromatic rings. The number of hydrogen-bond acceptors (Lipinski definition) is 5. The molecule has 0 aliphatic carbocycles. The molecule has 330 valence electrons. The summed E-state index contributed by atoms with van der Waals surface area (Å²) in [4.78, 5) is -0.164. The minimum Gasteiger partial charge on any atom is -0.456 e. The van der Waals surface area contributed by atoms with Crippen molar-refractivity contribution in [1.82, 2.24) is 9.44 Å². The summed E-state index contributed by atoms with van der Waals surface area (Å²) in [6, 6.07) is 29.6. The Morgan fingerprint density at radius 2 is 1.24 bits per heavy atom. The molecule has 0 spiro atoms. The lowest BCUT2D eigenvalue weighted by atomic mass is 9.90. The molecule has 1 aliphatic rings. The second-order valence-corrected chi connectivity index (χ2v) is 20.9. The van der Waals surface area contributed by atoms with E-state index in [9.17, 15) is 16.8 Å². The fraction of sp³-hybridized carbons (Fsp3) is 0.396. The normalized spacial score (nSPS) is 14.0. The standard InChI is InChI=1S/C53H66N2O5S2/c1-9-13-15-40(11-3)34-54-61(56,57)46-23-26-49(52(33-46)62(58,59)55-35-41(12-4)16-14-10-2)53-47-24-19-42(29-44-21-17-36(5)27-38(44)7)31-50(47)60-51-32-43(20-25-48(51)53)30-45-22-18-37(6)28-39(45)8/h17-29,31-33,40-41,54-55H,9-16,30,34-35H2,1-8H3/b42-29+. The van der Waals surface area contributed by atoms with E-state index in [0.717, 1.165) is 84.1 Å². The van der Waals surface area contributed by atoms with Gasteiger partial charge in [-0.1, -0.05) is 138 Å². The van der Waals surface area contributed by atoms with Gasteiger partial charge in [-0.25, -0.2) is 26.3 Å². The number of aryl methyl sites for hydroxylation is 4. The van der Waals surface area contributed by atoms with Crippen molar-refractivity contribution in [3.8, 4) is 11.5 Å². The fourth-order valence-electron chi connectivity index (χ4n) is 8.47. The zero-order valence-electron chi connectivity index (χ0n) is 38.0. The van der Waals surface area contributed by atoms with Crippen molar-refractivity contribution < 1.29 is 21.6 Å². The van der Waals surface area contributed by atoms with Crippen molar-refractivity contribution in [2.24, 2.45) is 11.8 Å². The highest BCUT2D eigenvalue weighted by Crippen LogP contribution is 2.40. The number of rotatable bonds is 20. The maximum Gasteiger partial charge on any atom is 0.241 e. The number of hydrogen-bond donors (Lipinski definition) is 2. The molecular formula is C53H66N2O5S2. The van der Waals surface area contributed by atoms with Gasteiger partial charge in [-0.15, -0.1) is 0 Å². The van der Waals surface area contributed by atoms with Crippen LogP contribution in [0.5, 0.6) is 11.5 Å². The Kier molecular flexibility index (Phi) is 15.7. The van der Waals surface area contributed by atoms with E-state index < -0.39 is 20.0 Å². The van der Waals surface area contributed by atoms with Crippen LogP contribution in [0.3, 0.4) is 0 Å². The molecule has 2 N–H and O–H groups in total. The van der Waals surface area contributed by atoms with E-state index in [4.69, 9.17) is 4.74 Å². The monoisotopic (exact) mass is 874 g/mol. The predicted molar refractivity (Wildman–Crippen MR) is 255 cm³/mol. The van der Waals surface area contributed by atoms with E-state index in [1.807, 2.05) is 24.3 Å². The summed E-state index contributed by atoms with van der Waals surface area (Å²) in [7, 11) is -8.28. The quantitative estimate of drug-likeness (QED) is 0.0796. The van der Waals surface area contributed by atoms with Crippen LogP contribution < -0.4 is 24.6 Å². The Hall–Kier alpha value is -4.54. The summed E-state index contributed by atoms with van der Waals surface area (Å²) >= 11 is 0. The molecule has 0 radical (unpaired) electrons. The van der Waals surface area contributed by atoms with Crippen molar-refractivity contribution in [3.63, 3.8) is 0 Å². The lowest BCUT2D eigenvalue weighted by Gasteiger charge is -2.24. The molecule has 0 amide bonds. The third-order valence-electron chi connectivity index (χ3n) is 12.5. The Morgan fingerprint density at radius 3 is 1.87 bits per heavy atom. The van der Waals surface area contributed by atoms with Crippen LogP contribution in [0.1, 0.15) is 129 Å². The van der Waals surface area contributed by atoms with Gasteiger partial charge in [0.15, 0.2) is 0 Å². The summed E-state index contributed by atoms with van der Waals surface area (Å²) < 4.78 is 70.1. The fourth-order valence-corrected chi connectivity index (χ4v) is 11.0. The summed E-state index contributed by atoms with van der Waals surface area (Å²) in [5.74, 6) is 1.53. The first kappa shape index (κ1) is 47.0.